The Morgan fingerprint density at radius 2 is 2.33 bits per heavy atom. The maximum Gasteiger partial charge on any atom is 0.246 e. The number of hydrogen-bond donors (Lipinski definition) is 2. The van der Waals surface area contributed by atoms with Crippen LogP contribution in [0.2, 0.25) is 0 Å². The standard InChI is InChI=1S/C5H9NO2S/c1-4(5(6)7)2-8-3-9/h9H,1-3H2,(H2,6,7). The highest BCUT2D eigenvalue weighted by atomic mass is 32.1. The van der Waals surface area contributed by atoms with Gasteiger partial charge in [-0.15, -0.1) is 0 Å². The van der Waals surface area contributed by atoms with E-state index in [4.69, 9.17) is 10.5 Å². The number of primary amides is 1. The highest BCUT2D eigenvalue weighted by Gasteiger charge is 1.98. The zero-order chi connectivity index (χ0) is 7.28. The van der Waals surface area contributed by atoms with Gasteiger partial charge in [-0.05, 0) is 0 Å². The molecule has 0 saturated carbocycles. The van der Waals surface area contributed by atoms with Gasteiger partial charge < -0.3 is 10.5 Å². The van der Waals surface area contributed by atoms with Crippen molar-refractivity contribution in [2.45, 2.75) is 0 Å². The van der Waals surface area contributed by atoms with Crippen molar-refractivity contribution < 1.29 is 9.53 Å². The van der Waals surface area contributed by atoms with E-state index in [0.29, 0.717) is 0 Å². The van der Waals surface area contributed by atoms with Crippen molar-refractivity contribution in [3.63, 3.8) is 0 Å². The molecule has 0 radical (unpaired) electrons. The second-order valence-electron chi connectivity index (χ2n) is 1.45. The largest absolute Gasteiger partial charge is 0.366 e. The molecule has 0 bridgehead atoms. The lowest BCUT2D eigenvalue weighted by Crippen LogP contribution is -2.16. The Kier molecular flexibility index (Phi) is 4.17. The van der Waals surface area contributed by atoms with Crippen molar-refractivity contribution in [3.8, 4) is 0 Å². The van der Waals surface area contributed by atoms with Gasteiger partial charge in [-0.25, -0.2) is 0 Å². The minimum atomic E-state index is -0.531. The molecule has 1 amide bonds. The Balaban J connectivity index is 3.39. The van der Waals surface area contributed by atoms with Gasteiger partial charge in [0.05, 0.1) is 12.5 Å². The van der Waals surface area contributed by atoms with Crippen molar-refractivity contribution in [1.82, 2.24) is 0 Å². The highest BCUT2D eigenvalue weighted by Crippen LogP contribution is 1.89. The number of ether oxygens (including phenoxy) is 1. The Labute approximate surface area is 59.3 Å². The summed E-state index contributed by atoms with van der Waals surface area (Å²) in [5, 5.41) is 0. The summed E-state index contributed by atoms with van der Waals surface area (Å²) in [4.78, 5) is 10.2. The second-order valence-corrected chi connectivity index (χ2v) is 1.70. The lowest BCUT2D eigenvalue weighted by atomic mass is 10.3. The molecular formula is C5H9NO2S. The lowest BCUT2D eigenvalue weighted by Gasteiger charge is -1.98. The van der Waals surface area contributed by atoms with Gasteiger partial charge in [-0.2, -0.15) is 12.6 Å². The van der Waals surface area contributed by atoms with Crippen molar-refractivity contribution >= 4 is 18.5 Å². The normalized spacial score (nSPS) is 9.00. The molecule has 3 nitrogen and oxygen atoms in total. The third-order valence-electron chi connectivity index (χ3n) is 0.716. The monoisotopic (exact) mass is 147 g/mol. The first-order chi connectivity index (χ1) is 4.18. The predicted molar refractivity (Wildman–Crippen MR) is 38.1 cm³/mol. The summed E-state index contributed by atoms with van der Waals surface area (Å²) in [6.45, 7) is 3.52. The molecule has 0 aliphatic carbocycles. The van der Waals surface area contributed by atoms with Crippen molar-refractivity contribution in [1.29, 1.82) is 0 Å². The van der Waals surface area contributed by atoms with Crippen molar-refractivity contribution in [3.05, 3.63) is 12.2 Å². The lowest BCUT2D eigenvalue weighted by molar-refractivity contribution is -0.115. The highest BCUT2D eigenvalue weighted by molar-refractivity contribution is 7.80. The van der Waals surface area contributed by atoms with E-state index >= 15 is 0 Å². The maximum atomic E-state index is 10.2. The molecule has 0 aliphatic rings. The molecule has 4 heteroatoms. The molecular weight excluding hydrogens is 138 g/mol. The smallest absolute Gasteiger partial charge is 0.246 e. The van der Waals surface area contributed by atoms with Crippen LogP contribution in [-0.2, 0) is 9.53 Å². The van der Waals surface area contributed by atoms with E-state index in [2.05, 4.69) is 19.2 Å². The summed E-state index contributed by atoms with van der Waals surface area (Å²) in [6, 6.07) is 0. The molecule has 0 unspecified atom stereocenters. The Morgan fingerprint density at radius 3 is 2.67 bits per heavy atom. The van der Waals surface area contributed by atoms with E-state index in [0.717, 1.165) is 0 Å². The van der Waals surface area contributed by atoms with Gasteiger partial charge in [-0.1, -0.05) is 6.58 Å². The minimum Gasteiger partial charge on any atom is -0.366 e. The average Bonchev–Trinajstić information content (AvgIpc) is 1.82. The van der Waals surface area contributed by atoms with Crippen LogP contribution in [0.25, 0.3) is 0 Å². The van der Waals surface area contributed by atoms with E-state index in [1.54, 1.807) is 0 Å². The van der Waals surface area contributed by atoms with E-state index in [1.165, 1.54) is 0 Å². The minimum absolute atomic E-state index is 0.166. The molecule has 0 aromatic heterocycles. The number of thiol groups is 1. The fourth-order valence-corrected chi connectivity index (χ4v) is 0.331. The molecule has 0 saturated heterocycles. The van der Waals surface area contributed by atoms with Crippen LogP contribution in [0, 0.1) is 0 Å². The molecule has 0 aliphatic heterocycles. The Bertz CT molecular complexity index is 124. The van der Waals surface area contributed by atoms with Crippen LogP contribution in [0.5, 0.6) is 0 Å². The van der Waals surface area contributed by atoms with Crippen LogP contribution in [0.3, 0.4) is 0 Å². The molecule has 0 fully saturated rings. The number of rotatable bonds is 4. The molecule has 0 spiro atoms. The van der Waals surface area contributed by atoms with E-state index < -0.39 is 5.91 Å². The summed E-state index contributed by atoms with van der Waals surface area (Å²) < 4.78 is 4.72. The number of amides is 1. The van der Waals surface area contributed by atoms with Gasteiger partial charge in [0.15, 0.2) is 0 Å². The number of carbonyl (C=O) groups excluding carboxylic acids is 1. The first-order valence-corrected chi connectivity index (χ1v) is 2.98. The topological polar surface area (TPSA) is 52.3 Å². The zero-order valence-electron chi connectivity index (χ0n) is 4.96. The molecule has 0 atom stereocenters. The molecule has 9 heavy (non-hydrogen) atoms. The van der Waals surface area contributed by atoms with E-state index in [9.17, 15) is 4.79 Å². The van der Waals surface area contributed by atoms with Gasteiger partial charge in [0.1, 0.15) is 0 Å². The summed E-state index contributed by atoms with van der Waals surface area (Å²) in [7, 11) is 0. The average molecular weight is 147 g/mol. The van der Waals surface area contributed by atoms with Gasteiger partial charge >= 0.3 is 0 Å². The summed E-state index contributed by atoms with van der Waals surface area (Å²) in [6.07, 6.45) is 0. The SMILES string of the molecule is C=C(COCS)C(N)=O. The fourth-order valence-electron chi connectivity index (χ4n) is 0.240. The zero-order valence-corrected chi connectivity index (χ0v) is 5.86. The fraction of sp³-hybridized carbons (Fsp3) is 0.400. The van der Waals surface area contributed by atoms with Gasteiger partial charge in [0.25, 0.3) is 0 Å². The molecule has 52 valence electrons. The van der Waals surface area contributed by atoms with Gasteiger partial charge in [0, 0.05) is 5.57 Å². The molecule has 0 aromatic carbocycles. The van der Waals surface area contributed by atoms with Crippen molar-refractivity contribution in [2.24, 2.45) is 5.73 Å². The quantitative estimate of drug-likeness (QED) is 0.332. The molecule has 0 rings (SSSR count). The van der Waals surface area contributed by atoms with Crippen LogP contribution in [0.1, 0.15) is 0 Å². The third kappa shape index (κ3) is 4.05. The van der Waals surface area contributed by atoms with E-state index in [1.807, 2.05) is 0 Å². The Morgan fingerprint density at radius 1 is 1.78 bits per heavy atom. The Hall–Kier alpha value is -0.480. The number of hydrogen-bond acceptors (Lipinski definition) is 3. The van der Waals surface area contributed by atoms with E-state index in [-0.39, 0.29) is 18.1 Å². The van der Waals surface area contributed by atoms with Crippen LogP contribution in [-0.4, -0.2) is 18.5 Å². The van der Waals surface area contributed by atoms with Crippen LogP contribution < -0.4 is 5.73 Å². The number of carbonyl (C=O) groups is 1. The van der Waals surface area contributed by atoms with Crippen LogP contribution in [0.4, 0.5) is 0 Å². The summed E-state index contributed by atoms with van der Waals surface area (Å²) in [5.41, 5.74) is 5.10. The first kappa shape index (κ1) is 8.52. The summed E-state index contributed by atoms with van der Waals surface area (Å²) in [5.74, 6) is -0.261. The number of nitrogens with two attached hydrogens (primary N) is 1. The predicted octanol–water partition coefficient (Wildman–Crippen LogP) is -0.0682. The van der Waals surface area contributed by atoms with Crippen LogP contribution >= 0.6 is 12.6 Å². The third-order valence-corrected chi connectivity index (χ3v) is 0.899. The molecule has 0 aromatic rings. The summed E-state index contributed by atoms with van der Waals surface area (Å²) >= 11 is 3.75. The molecule has 0 heterocycles. The second kappa shape index (κ2) is 4.40. The van der Waals surface area contributed by atoms with Gasteiger partial charge in [-0.3, -0.25) is 4.79 Å². The van der Waals surface area contributed by atoms with Gasteiger partial charge in [0.2, 0.25) is 5.91 Å². The maximum absolute atomic E-state index is 10.2. The molecule has 2 N–H and O–H groups in total. The van der Waals surface area contributed by atoms with Crippen LogP contribution in [0.15, 0.2) is 12.2 Å². The van der Waals surface area contributed by atoms with Crippen molar-refractivity contribution in [2.75, 3.05) is 12.5 Å². The first-order valence-electron chi connectivity index (χ1n) is 2.34.